The van der Waals surface area contributed by atoms with Crippen molar-refractivity contribution >= 4 is 11.6 Å². The molecule has 3 aliphatic carbocycles. The molecule has 4 aliphatic rings. The lowest BCUT2D eigenvalue weighted by atomic mass is 9.73. The van der Waals surface area contributed by atoms with Crippen molar-refractivity contribution in [2.24, 2.45) is 10.8 Å². The highest BCUT2D eigenvalue weighted by Crippen LogP contribution is 2.80. The van der Waals surface area contributed by atoms with Gasteiger partial charge in [-0.1, -0.05) is 12.2 Å². The van der Waals surface area contributed by atoms with Crippen LogP contribution in [0.4, 0.5) is 0 Å². The number of ether oxygens (including phenoxy) is 1. The minimum Gasteiger partial charge on any atom is -0.370 e. The molecule has 0 amide bonds. The van der Waals surface area contributed by atoms with Crippen LogP contribution >= 0.6 is 11.6 Å². The van der Waals surface area contributed by atoms with Crippen molar-refractivity contribution in [1.82, 2.24) is 0 Å². The molecule has 70 valence electrons. The molecule has 0 radical (unpaired) electrons. The van der Waals surface area contributed by atoms with Gasteiger partial charge in [0.25, 0.3) is 0 Å². The summed E-state index contributed by atoms with van der Waals surface area (Å²) in [6, 6.07) is 0. The average Bonchev–Trinajstić information content (AvgIpc) is 2.99. The number of alkyl halides is 1. The summed E-state index contributed by atoms with van der Waals surface area (Å²) in [7, 11) is 0. The zero-order chi connectivity index (χ0) is 8.68. The highest BCUT2D eigenvalue weighted by molar-refractivity contribution is 6.24. The Kier molecular flexibility index (Phi) is 1.04. The molecular weight excluding hydrogens is 184 g/mol. The van der Waals surface area contributed by atoms with Gasteiger partial charge in [0.1, 0.15) is 0 Å². The van der Waals surface area contributed by atoms with E-state index in [0.717, 1.165) is 0 Å². The Hall–Kier alpha value is -0.0100. The third-order valence-electron chi connectivity index (χ3n) is 4.83. The zero-order valence-electron chi connectivity index (χ0n) is 7.50. The fraction of sp³-hybridized carbons (Fsp3) is 0.818. The largest absolute Gasteiger partial charge is 0.370 e. The topological polar surface area (TPSA) is 12.5 Å². The van der Waals surface area contributed by atoms with Crippen molar-refractivity contribution in [2.45, 2.75) is 43.3 Å². The lowest BCUT2D eigenvalue weighted by molar-refractivity contribution is 0.258. The van der Waals surface area contributed by atoms with Gasteiger partial charge in [-0.25, -0.2) is 0 Å². The molecule has 4 unspecified atom stereocenters. The van der Waals surface area contributed by atoms with Gasteiger partial charge < -0.3 is 4.74 Å². The van der Waals surface area contributed by atoms with Gasteiger partial charge in [-0.3, -0.25) is 0 Å². The summed E-state index contributed by atoms with van der Waals surface area (Å²) < 4.78 is 5.62. The second kappa shape index (κ2) is 1.85. The summed E-state index contributed by atoms with van der Waals surface area (Å²) in [6.45, 7) is 0. The zero-order valence-corrected chi connectivity index (χ0v) is 8.26. The summed E-state index contributed by atoms with van der Waals surface area (Å²) in [4.78, 5) is 0. The van der Waals surface area contributed by atoms with Crippen LogP contribution in [0.15, 0.2) is 12.2 Å². The van der Waals surface area contributed by atoms with E-state index in [0.29, 0.717) is 28.4 Å². The number of allylic oxidation sites excluding steroid dienone is 2. The Morgan fingerprint density at radius 2 is 1.62 bits per heavy atom. The van der Waals surface area contributed by atoms with Crippen molar-refractivity contribution in [2.75, 3.05) is 0 Å². The first kappa shape index (κ1) is 7.30. The number of hydrogen-bond donors (Lipinski definition) is 0. The van der Waals surface area contributed by atoms with Gasteiger partial charge >= 0.3 is 0 Å². The predicted molar refractivity (Wildman–Crippen MR) is 50.8 cm³/mol. The Morgan fingerprint density at radius 1 is 1.08 bits per heavy atom. The lowest BCUT2D eigenvalue weighted by Crippen LogP contribution is -2.25. The molecule has 1 nitrogen and oxygen atoms in total. The van der Waals surface area contributed by atoms with Crippen LogP contribution in [0.1, 0.15) is 25.7 Å². The van der Waals surface area contributed by atoms with Crippen LogP contribution in [0.25, 0.3) is 0 Å². The molecule has 0 spiro atoms. The van der Waals surface area contributed by atoms with Crippen molar-refractivity contribution in [3.05, 3.63) is 12.2 Å². The summed E-state index contributed by atoms with van der Waals surface area (Å²) >= 11 is 6.50. The summed E-state index contributed by atoms with van der Waals surface area (Å²) in [5, 5.41) is 0.436. The highest BCUT2D eigenvalue weighted by atomic mass is 35.5. The minimum absolute atomic E-state index is 0.436. The molecule has 13 heavy (non-hydrogen) atoms. The molecule has 3 fully saturated rings. The summed E-state index contributed by atoms with van der Waals surface area (Å²) in [5.41, 5.74) is 0.891. The summed E-state index contributed by atoms with van der Waals surface area (Å²) in [6.07, 6.45) is 10.7. The normalized spacial score (nSPS) is 66.4. The van der Waals surface area contributed by atoms with Crippen molar-refractivity contribution in [3.63, 3.8) is 0 Å². The van der Waals surface area contributed by atoms with E-state index >= 15 is 0 Å². The van der Waals surface area contributed by atoms with E-state index in [1.165, 1.54) is 25.7 Å². The first-order chi connectivity index (χ1) is 6.29. The maximum Gasteiger partial charge on any atom is 0.0848 e. The van der Waals surface area contributed by atoms with Crippen LogP contribution in [-0.2, 0) is 4.74 Å². The van der Waals surface area contributed by atoms with E-state index < -0.39 is 0 Å². The van der Waals surface area contributed by atoms with E-state index in [1.54, 1.807) is 0 Å². The van der Waals surface area contributed by atoms with Gasteiger partial charge in [0.05, 0.1) is 12.2 Å². The molecule has 4 rings (SSSR count). The number of rotatable bonds is 0. The van der Waals surface area contributed by atoms with Gasteiger partial charge in [-0.05, 0) is 25.7 Å². The fourth-order valence-corrected chi connectivity index (χ4v) is 4.64. The maximum absolute atomic E-state index is 6.50. The summed E-state index contributed by atoms with van der Waals surface area (Å²) in [5.74, 6) is 0. The van der Waals surface area contributed by atoms with Crippen LogP contribution in [0.3, 0.4) is 0 Å². The fourth-order valence-electron chi connectivity index (χ4n) is 3.92. The van der Waals surface area contributed by atoms with E-state index in [2.05, 4.69) is 12.2 Å². The minimum atomic E-state index is 0.436. The van der Waals surface area contributed by atoms with Crippen molar-refractivity contribution in [3.8, 4) is 0 Å². The monoisotopic (exact) mass is 196 g/mol. The second-order valence-electron chi connectivity index (χ2n) is 5.18. The molecule has 1 heterocycles. The highest BCUT2D eigenvalue weighted by Gasteiger charge is 2.80. The smallest absolute Gasteiger partial charge is 0.0848 e. The first-order valence-corrected chi connectivity index (χ1v) is 5.67. The van der Waals surface area contributed by atoms with Gasteiger partial charge in [0.2, 0.25) is 0 Å². The second-order valence-corrected chi connectivity index (χ2v) is 5.61. The molecule has 0 bridgehead atoms. The van der Waals surface area contributed by atoms with E-state index in [-0.39, 0.29) is 0 Å². The third-order valence-corrected chi connectivity index (χ3v) is 5.66. The first-order valence-electron chi connectivity index (χ1n) is 5.23. The van der Waals surface area contributed by atoms with Gasteiger partial charge in [-0.2, -0.15) is 0 Å². The number of fused-ring (bicyclic) bond motifs is 1. The SMILES string of the molecule is ClC1C23CC=CCC12CC1OC1C3. The van der Waals surface area contributed by atoms with E-state index in [9.17, 15) is 0 Å². The van der Waals surface area contributed by atoms with Gasteiger partial charge in [0.15, 0.2) is 0 Å². The molecule has 0 N–H and O–H groups in total. The molecule has 1 aliphatic heterocycles. The van der Waals surface area contributed by atoms with E-state index in [4.69, 9.17) is 16.3 Å². The molecule has 2 heteroatoms. The maximum atomic E-state index is 6.50. The van der Waals surface area contributed by atoms with Crippen LogP contribution in [0.2, 0.25) is 0 Å². The number of epoxide rings is 1. The predicted octanol–water partition coefficient (Wildman–Crippen LogP) is 2.49. The van der Waals surface area contributed by atoms with Crippen molar-refractivity contribution < 1.29 is 4.74 Å². The molecule has 0 aromatic heterocycles. The van der Waals surface area contributed by atoms with Gasteiger partial charge in [-0.15, -0.1) is 11.6 Å². The van der Waals surface area contributed by atoms with Gasteiger partial charge in [0, 0.05) is 16.2 Å². The van der Waals surface area contributed by atoms with E-state index in [1.807, 2.05) is 0 Å². The van der Waals surface area contributed by atoms with Crippen molar-refractivity contribution in [1.29, 1.82) is 0 Å². The standard InChI is InChI=1S/C11H13ClO/c12-9-10-3-1-2-4-11(9,10)6-8-7(5-10)13-8/h1-2,7-9H,3-6H2. The molecule has 2 saturated carbocycles. The Labute approximate surface area is 83.1 Å². The molecular formula is C11H13ClO. The Morgan fingerprint density at radius 3 is 2.15 bits per heavy atom. The molecule has 0 aromatic rings. The molecule has 4 atom stereocenters. The average molecular weight is 197 g/mol. The molecule has 0 aromatic carbocycles. The Bertz CT molecular complexity index is 285. The number of halogens is 1. The number of hydrogen-bond acceptors (Lipinski definition) is 1. The quantitative estimate of drug-likeness (QED) is 0.330. The lowest BCUT2D eigenvalue weighted by Gasteiger charge is -2.28. The third kappa shape index (κ3) is 0.618. The molecule has 1 saturated heterocycles. The van der Waals surface area contributed by atoms with Crippen LogP contribution < -0.4 is 0 Å². The Balaban J connectivity index is 1.80. The van der Waals surface area contributed by atoms with Crippen LogP contribution in [0.5, 0.6) is 0 Å². The van der Waals surface area contributed by atoms with Crippen LogP contribution in [-0.4, -0.2) is 17.6 Å². The van der Waals surface area contributed by atoms with Crippen LogP contribution in [0, 0.1) is 10.8 Å².